The van der Waals surface area contributed by atoms with E-state index in [9.17, 15) is 0 Å². The van der Waals surface area contributed by atoms with Crippen LogP contribution in [-0.2, 0) is 19.5 Å². The maximum atomic E-state index is 4.79. The molecular weight excluding hydrogens is 519 g/mol. The lowest BCUT2D eigenvalue weighted by atomic mass is 10.2. The molecule has 0 aliphatic heterocycles. The number of benzene rings is 1. The summed E-state index contributed by atoms with van der Waals surface area (Å²) in [6.07, 6.45) is 2.67. The van der Waals surface area contributed by atoms with Crippen LogP contribution >= 0.6 is 39.9 Å². The Hall–Kier alpha value is -1.16. The summed E-state index contributed by atoms with van der Waals surface area (Å²) in [5, 5.41) is 11.6. The SMILES string of the molecule is CCc1nncn1CCNC(=NCC(C)C)N(C)Cc1ccccc1Br.I. The van der Waals surface area contributed by atoms with Gasteiger partial charge in [0.25, 0.3) is 0 Å². The highest BCUT2D eigenvalue weighted by molar-refractivity contribution is 14.0. The third kappa shape index (κ3) is 7.77. The van der Waals surface area contributed by atoms with Crippen molar-refractivity contribution >= 4 is 45.9 Å². The molecule has 0 amide bonds. The standard InChI is InChI=1S/C19H29BrN6.HI/c1-5-18-24-23-14-26(18)11-10-21-19(22-12-15(2)3)25(4)13-16-8-6-7-9-17(16)20;/h6-9,14-15H,5,10-13H2,1-4H3,(H,21,22);1H. The van der Waals surface area contributed by atoms with Gasteiger partial charge in [0, 0.05) is 44.1 Å². The first-order chi connectivity index (χ1) is 12.5. The molecule has 0 fully saturated rings. The molecule has 2 aromatic rings. The van der Waals surface area contributed by atoms with Crippen molar-refractivity contribution in [1.82, 2.24) is 25.0 Å². The molecule has 0 radical (unpaired) electrons. The van der Waals surface area contributed by atoms with Crippen LogP contribution in [0, 0.1) is 5.92 Å². The molecule has 0 spiro atoms. The van der Waals surface area contributed by atoms with E-state index in [0.29, 0.717) is 5.92 Å². The van der Waals surface area contributed by atoms with Crippen LogP contribution in [0.1, 0.15) is 32.2 Å². The fourth-order valence-corrected chi connectivity index (χ4v) is 2.98. The van der Waals surface area contributed by atoms with E-state index in [0.717, 1.165) is 48.9 Å². The lowest BCUT2D eigenvalue weighted by molar-refractivity contribution is 0.466. The molecule has 150 valence electrons. The predicted molar refractivity (Wildman–Crippen MR) is 126 cm³/mol. The summed E-state index contributed by atoms with van der Waals surface area (Å²) in [5.41, 5.74) is 1.24. The van der Waals surface area contributed by atoms with Gasteiger partial charge in [-0.25, -0.2) is 0 Å². The maximum Gasteiger partial charge on any atom is 0.194 e. The number of hydrogen-bond acceptors (Lipinski definition) is 3. The first-order valence-electron chi connectivity index (χ1n) is 9.10. The van der Waals surface area contributed by atoms with Crippen LogP contribution in [0.4, 0.5) is 0 Å². The van der Waals surface area contributed by atoms with Crippen molar-refractivity contribution in [2.24, 2.45) is 10.9 Å². The van der Waals surface area contributed by atoms with Crippen LogP contribution in [0.5, 0.6) is 0 Å². The minimum atomic E-state index is 0. The number of aliphatic imine (C=N–C) groups is 1. The highest BCUT2D eigenvalue weighted by Gasteiger charge is 2.10. The zero-order chi connectivity index (χ0) is 18.9. The molecule has 1 heterocycles. The molecule has 1 N–H and O–H groups in total. The third-order valence-corrected chi connectivity index (χ3v) is 4.75. The van der Waals surface area contributed by atoms with Gasteiger partial charge in [0.1, 0.15) is 12.2 Å². The summed E-state index contributed by atoms with van der Waals surface area (Å²) in [7, 11) is 2.07. The average Bonchev–Trinajstić information content (AvgIpc) is 3.07. The van der Waals surface area contributed by atoms with Crippen LogP contribution in [0.2, 0.25) is 0 Å². The fourth-order valence-electron chi connectivity index (χ4n) is 2.57. The molecule has 0 saturated carbocycles. The summed E-state index contributed by atoms with van der Waals surface area (Å²) < 4.78 is 3.20. The second-order valence-electron chi connectivity index (χ2n) is 6.73. The van der Waals surface area contributed by atoms with Crippen LogP contribution in [0.25, 0.3) is 0 Å². The molecule has 2 rings (SSSR count). The number of nitrogens with zero attached hydrogens (tertiary/aromatic N) is 5. The van der Waals surface area contributed by atoms with Crippen LogP contribution in [-0.4, -0.2) is 45.8 Å². The summed E-state index contributed by atoms with van der Waals surface area (Å²) in [6, 6.07) is 8.29. The molecule has 0 bridgehead atoms. The van der Waals surface area contributed by atoms with Gasteiger partial charge < -0.3 is 14.8 Å². The first kappa shape index (κ1) is 23.9. The van der Waals surface area contributed by atoms with Crippen molar-refractivity contribution in [2.45, 2.75) is 40.3 Å². The Kier molecular flexibility index (Phi) is 10.9. The van der Waals surface area contributed by atoms with Crippen LogP contribution in [0.15, 0.2) is 40.1 Å². The smallest absolute Gasteiger partial charge is 0.194 e. The lowest BCUT2D eigenvalue weighted by Gasteiger charge is -2.23. The van der Waals surface area contributed by atoms with E-state index in [1.54, 1.807) is 6.33 Å². The van der Waals surface area contributed by atoms with Gasteiger partial charge in [0.2, 0.25) is 0 Å². The molecule has 8 heteroatoms. The molecule has 0 atom stereocenters. The van der Waals surface area contributed by atoms with Crippen LogP contribution in [0.3, 0.4) is 0 Å². The fraction of sp³-hybridized carbons (Fsp3) is 0.526. The molecule has 6 nitrogen and oxygen atoms in total. The van der Waals surface area contributed by atoms with Crippen molar-refractivity contribution in [3.05, 3.63) is 46.5 Å². The van der Waals surface area contributed by atoms with Gasteiger partial charge in [0.05, 0.1) is 0 Å². The Morgan fingerprint density at radius 2 is 2.07 bits per heavy atom. The summed E-state index contributed by atoms with van der Waals surface area (Å²) in [6.45, 7) is 9.64. The maximum absolute atomic E-state index is 4.79. The number of rotatable bonds is 8. The van der Waals surface area contributed by atoms with Gasteiger partial charge in [-0.05, 0) is 17.5 Å². The van der Waals surface area contributed by atoms with E-state index >= 15 is 0 Å². The van der Waals surface area contributed by atoms with Gasteiger partial charge in [0.15, 0.2) is 5.96 Å². The molecule has 27 heavy (non-hydrogen) atoms. The molecule has 1 aromatic carbocycles. The summed E-state index contributed by atoms with van der Waals surface area (Å²) in [5.74, 6) is 2.45. The highest BCUT2D eigenvalue weighted by atomic mass is 127. The number of halogens is 2. The van der Waals surface area contributed by atoms with E-state index in [4.69, 9.17) is 4.99 Å². The number of nitrogens with one attached hydrogen (secondary N) is 1. The quantitative estimate of drug-likeness (QED) is 0.308. The molecule has 0 aliphatic rings. The van der Waals surface area contributed by atoms with Gasteiger partial charge in [-0.1, -0.05) is 54.9 Å². The van der Waals surface area contributed by atoms with Gasteiger partial charge >= 0.3 is 0 Å². The van der Waals surface area contributed by atoms with Crippen molar-refractivity contribution in [3.8, 4) is 0 Å². The van der Waals surface area contributed by atoms with Crippen molar-refractivity contribution < 1.29 is 0 Å². The van der Waals surface area contributed by atoms with E-state index in [-0.39, 0.29) is 24.0 Å². The number of aryl methyl sites for hydroxylation is 1. The lowest BCUT2D eigenvalue weighted by Crippen LogP contribution is -2.40. The Morgan fingerprint density at radius 1 is 1.33 bits per heavy atom. The Labute approximate surface area is 188 Å². The monoisotopic (exact) mass is 548 g/mol. The average molecular weight is 549 g/mol. The number of aromatic nitrogens is 3. The topological polar surface area (TPSA) is 58.3 Å². The van der Waals surface area contributed by atoms with Gasteiger partial charge in [-0.2, -0.15) is 0 Å². The molecule has 0 saturated heterocycles. The van der Waals surface area contributed by atoms with E-state index in [1.807, 2.05) is 6.07 Å². The van der Waals surface area contributed by atoms with E-state index in [2.05, 4.69) is 86.9 Å². The molecule has 0 unspecified atom stereocenters. The predicted octanol–water partition coefficient (Wildman–Crippen LogP) is 3.95. The Bertz CT molecular complexity index is 716. The zero-order valence-corrected chi connectivity index (χ0v) is 20.4. The highest BCUT2D eigenvalue weighted by Crippen LogP contribution is 2.17. The minimum Gasteiger partial charge on any atom is -0.354 e. The molecule has 0 aliphatic carbocycles. The summed E-state index contributed by atoms with van der Waals surface area (Å²) in [4.78, 5) is 6.95. The normalized spacial score (nSPS) is 11.4. The van der Waals surface area contributed by atoms with Gasteiger partial charge in [-0.3, -0.25) is 4.99 Å². The second kappa shape index (κ2) is 12.3. The number of hydrogen-bond donors (Lipinski definition) is 1. The first-order valence-corrected chi connectivity index (χ1v) is 9.90. The third-order valence-electron chi connectivity index (χ3n) is 3.98. The van der Waals surface area contributed by atoms with Crippen molar-refractivity contribution in [2.75, 3.05) is 20.1 Å². The zero-order valence-electron chi connectivity index (χ0n) is 16.5. The van der Waals surface area contributed by atoms with Crippen LogP contribution < -0.4 is 5.32 Å². The Morgan fingerprint density at radius 3 is 2.74 bits per heavy atom. The minimum absolute atomic E-state index is 0. The van der Waals surface area contributed by atoms with Crippen molar-refractivity contribution in [1.29, 1.82) is 0 Å². The second-order valence-corrected chi connectivity index (χ2v) is 7.58. The number of guanidine groups is 1. The largest absolute Gasteiger partial charge is 0.354 e. The summed E-state index contributed by atoms with van der Waals surface area (Å²) >= 11 is 3.63. The molecule has 1 aromatic heterocycles. The van der Waals surface area contributed by atoms with E-state index < -0.39 is 0 Å². The van der Waals surface area contributed by atoms with E-state index in [1.165, 1.54) is 5.56 Å². The molecular formula is C19H30BrIN6. The Balaban J connectivity index is 0.00000364. The van der Waals surface area contributed by atoms with Crippen molar-refractivity contribution in [3.63, 3.8) is 0 Å². The van der Waals surface area contributed by atoms with Gasteiger partial charge in [-0.15, -0.1) is 34.2 Å².